The monoisotopic (exact) mass is 278 g/mol. The number of hydrogen-bond acceptors (Lipinski definition) is 3. The number of aromatic carboxylic acids is 1. The van der Waals surface area contributed by atoms with E-state index < -0.39 is 11.8 Å². The number of nitrogens with zero attached hydrogens (tertiary/aromatic N) is 2. The quantitative estimate of drug-likeness (QED) is 0.933. The van der Waals surface area contributed by atoms with Crippen LogP contribution in [0, 0.1) is 19.7 Å². The highest BCUT2D eigenvalue weighted by atomic mass is 19.1. The summed E-state index contributed by atoms with van der Waals surface area (Å²) >= 11 is 0. The maximum absolute atomic E-state index is 13.5. The smallest absolute Gasteiger partial charge is 0.338 e. The molecule has 1 aromatic heterocycles. The van der Waals surface area contributed by atoms with Crippen molar-refractivity contribution in [1.29, 1.82) is 0 Å². The number of rotatable bonds is 4. The molecule has 0 aliphatic rings. The fourth-order valence-electron chi connectivity index (χ4n) is 1.94. The Balaban J connectivity index is 2.15. The molecule has 0 saturated carbocycles. The SMILES string of the molecule is Cc1nn(C)c(C)c1OCc1ccc(C(=O)O)c(F)c1. The van der Waals surface area contributed by atoms with Gasteiger partial charge in [-0.05, 0) is 31.5 Å². The Labute approximate surface area is 115 Å². The molecule has 1 N–H and O–H groups in total. The predicted octanol–water partition coefficient (Wildman–Crippen LogP) is 2.45. The van der Waals surface area contributed by atoms with Crippen LogP contribution in [-0.2, 0) is 13.7 Å². The highest BCUT2D eigenvalue weighted by molar-refractivity contribution is 5.87. The second-order valence-corrected chi connectivity index (χ2v) is 4.53. The second kappa shape index (κ2) is 5.32. The number of benzene rings is 1. The van der Waals surface area contributed by atoms with Crippen LogP contribution < -0.4 is 4.74 Å². The summed E-state index contributed by atoms with van der Waals surface area (Å²) in [7, 11) is 1.82. The molecule has 0 spiro atoms. The van der Waals surface area contributed by atoms with Crippen LogP contribution in [-0.4, -0.2) is 20.9 Å². The van der Waals surface area contributed by atoms with E-state index >= 15 is 0 Å². The first-order chi connectivity index (χ1) is 9.40. The molecule has 1 heterocycles. The molecule has 0 bridgehead atoms. The van der Waals surface area contributed by atoms with E-state index in [1.165, 1.54) is 18.2 Å². The van der Waals surface area contributed by atoms with Gasteiger partial charge in [-0.1, -0.05) is 6.07 Å². The molecule has 20 heavy (non-hydrogen) atoms. The summed E-state index contributed by atoms with van der Waals surface area (Å²) in [4.78, 5) is 10.7. The Kier molecular flexibility index (Phi) is 3.74. The van der Waals surface area contributed by atoms with Crippen LogP contribution in [0.1, 0.15) is 27.3 Å². The van der Waals surface area contributed by atoms with E-state index in [1.807, 2.05) is 20.9 Å². The highest BCUT2D eigenvalue weighted by Gasteiger charge is 2.13. The second-order valence-electron chi connectivity index (χ2n) is 4.53. The Bertz CT molecular complexity index is 665. The lowest BCUT2D eigenvalue weighted by atomic mass is 10.1. The number of hydrogen-bond donors (Lipinski definition) is 1. The highest BCUT2D eigenvalue weighted by Crippen LogP contribution is 2.23. The summed E-state index contributed by atoms with van der Waals surface area (Å²) in [5.74, 6) is -1.39. The third kappa shape index (κ3) is 2.64. The van der Waals surface area contributed by atoms with Crippen LogP contribution in [0.15, 0.2) is 18.2 Å². The lowest BCUT2D eigenvalue weighted by Gasteiger charge is -2.07. The Hall–Kier alpha value is -2.37. The zero-order valence-corrected chi connectivity index (χ0v) is 11.5. The molecule has 0 saturated heterocycles. The average molecular weight is 278 g/mol. The van der Waals surface area contributed by atoms with Crippen LogP contribution >= 0.6 is 0 Å². The van der Waals surface area contributed by atoms with Crippen LogP contribution in [0.4, 0.5) is 4.39 Å². The maximum Gasteiger partial charge on any atom is 0.338 e. The fourth-order valence-corrected chi connectivity index (χ4v) is 1.94. The number of carboxylic acids is 1. The Morgan fingerprint density at radius 1 is 1.45 bits per heavy atom. The molecule has 0 radical (unpaired) electrons. The van der Waals surface area contributed by atoms with Crippen LogP contribution in [0.2, 0.25) is 0 Å². The van der Waals surface area contributed by atoms with Gasteiger partial charge in [-0.3, -0.25) is 4.68 Å². The summed E-state index contributed by atoms with van der Waals surface area (Å²) in [6.07, 6.45) is 0. The topological polar surface area (TPSA) is 64.4 Å². The molecular weight excluding hydrogens is 263 g/mol. The molecule has 1 aromatic carbocycles. The number of carboxylic acid groups (broad SMARTS) is 1. The number of carbonyl (C=O) groups is 1. The van der Waals surface area contributed by atoms with E-state index in [-0.39, 0.29) is 12.2 Å². The Morgan fingerprint density at radius 3 is 2.65 bits per heavy atom. The normalized spacial score (nSPS) is 10.6. The minimum Gasteiger partial charge on any atom is -0.485 e. The van der Waals surface area contributed by atoms with Crippen molar-refractivity contribution >= 4 is 5.97 Å². The first kappa shape index (κ1) is 14.0. The van der Waals surface area contributed by atoms with Crippen LogP contribution in [0.3, 0.4) is 0 Å². The third-order valence-corrected chi connectivity index (χ3v) is 3.09. The molecule has 2 aromatic rings. The molecule has 0 aliphatic carbocycles. The van der Waals surface area contributed by atoms with Gasteiger partial charge in [-0.15, -0.1) is 0 Å². The minimum absolute atomic E-state index is 0.157. The molecule has 0 fully saturated rings. The zero-order chi connectivity index (χ0) is 14.9. The van der Waals surface area contributed by atoms with Gasteiger partial charge in [0.1, 0.15) is 18.1 Å². The summed E-state index contributed by atoms with van der Waals surface area (Å²) in [6.45, 7) is 3.87. The summed E-state index contributed by atoms with van der Waals surface area (Å²) < 4.78 is 20.9. The van der Waals surface area contributed by atoms with E-state index in [9.17, 15) is 9.18 Å². The molecular formula is C14H15FN2O3. The molecule has 0 unspecified atom stereocenters. The zero-order valence-electron chi connectivity index (χ0n) is 11.5. The molecule has 5 nitrogen and oxygen atoms in total. The van der Waals surface area contributed by atoms with Gasteiger partial charge >= 0.3 is 5.97 Å². The number of aromatic nitrogens is 2. The van der Waals surface area contributed by atoms with Crippen molar-refractivity contribution in [2.45, 2.75) is 20.5 Å². The van der Waals surface area contributed by atoms with Crippen molar-refractivity contribution in [2.75, 3.05) is 0 Å². The third-order valence-electron chi connectivity index (χ3n) is 3.09. The van der Waals surface area contributed by atoms with Gasteiger partial charge in [-0.2, -0.15) is 5.10 Å². The number of halogens is 1. The lowest BCUT2D eigenvalue weighted by Crippen LogP contribution is -2.03. The lowest BCUT2D eigenvalue weighted by molar-refractivity contribution is 0.0692. The van der Waals surface area contributed by atoms with E-state index in [0.29, 0.717) is 11.3 Å². The molecule has 106 valence electrons. The van der Waals surface area contributed by atoms with E-state index in [4.69, 9.17) is 9.84 Å². The van der Waals surface area contributed by atoms with Crippen molar-refractivity contribution in [3.8, 4) is 5.75 Å². The van der Waals surface area contributed by atoms with Crippen molar-refractivity contribution in [3.05, 3.63) is 46.5 Å². The molecule has 6 heteroatoms. The van der Waals surface area contributed by atoms with E-state index in [0.717, 1.165) is 11.4 Å². The molecule has 0 aliphatic heterocycles. The standard InChI is InChI=1S/C14H15FN2O3/c1-8-13(9(2)17(3)16-8)20-7-10-4-5-11(14(18)19)12(15)6-10/h4-6H,7H2,1-3H3,(H,18,19). The van der Waals surface area contributed by atoms with Crippen LogP contribution in [0.25, 0.3) is 0 Å². The maximum atomic E-state index is 13.5. The van der Waals surface area contributed by atoms with Crippen molar-refractivity contribution in [2.24, 2.45) is 7.05 Å². The van der Waals surface area contributed by atoms with Crippen molar-refractivity contribution < 1.29 is 19.0 Å². The minimum atomic E-state index is -1.28. The number of aryl methyl sites for hydroxylation is 2. The molecule has 0 amide bonds. The van der Waals surface area contributed by atoms with Gasteiger partial charge in [0.15, 0.2) is 5.75 Å². The summed E-state index contributed by atoms with van der Waals surface area (Å²) in [5.41, 5.74) is 1.86. The molecule has 2 rings (SSSR count). The van der Waals surface area contributed by atoms with Gasteiger partial charge in [0.2, 0.25) is 0 Å². The van der Waals surface area contributed by atoms with Gasteiger partial charge in [0.05, 0.1) is 11.3 Å². The van der Waals surface area contributed by atoms with Crippen molar-refractivity contribution in [3.63, 3.8) is 0 Å². The van der Waals surface area contributed by atoms with Gasteiger partial charge in [0, 0.05) is 7.05 Å². The van der Waals surface area contributed by atoms with Gasteiger partial charge in [-0.25, -0.2) is 9.18 Å². The van der Waals surface area contributed by atoms with Crippen molar-refractivity contribution in [1.82, 2.24) is 9.78 Å². The van der Waals surface area contributed by atoms with Gasteiger partial charge < -0.3 is 9.84 Å². The summed E-state index contributed by atoms with van der Waals surface area (Å²) in [6, 6.07) is 3.94. The Morgan fingerprint density at radius 2 is 2.15 bits per heavy atom. The predicted molar refractivity (Wildman–Crippen MR) is 70.4 cm³/mol. The van der Waals surface area contributed by atoms with Crippen LogP contribution in [0.5, 0.6) is 5.75 Å². The average Bonchev–Trinajstić information content (AvgIpc) is 2.61. The van der Waals surface area contributed by atoms with E-state index in [2.05, 4.69) is 5.10 Å². The van der Waals surface area contributed by atoms with E-state index in [1.54, 1.807) is 4.68 Å². The fraction of sp³-hybridized carbons (Fsp3) is 0.286. The first-order valence-electron chi connectivity index (χ1n) is 6.05. The first-order valence-corrected chi connectivity index (χ1v) is 6.05. The largest absolute Gasteiger partial charge is 0.485 e. The molecule has 0 atom stereocenters. The number of ether oxygens (including phenoxy) is 1. The van der Waals surface area contributed by atoms with Gasteiger partial charge in [0.25, 0.3) is 0 Å². The summed E-state index contributed by atoms with van der Waals surface area (Å²) in [5, 5.41) is 13.0.